The van der Waals surface area contributed by atoms with Gasteiger partial charge >= 0.3 is 0 Å². The predicted molar refractivity (Wildman–Crippen MR) is 58.2 cm³/mol. The van der Waals surface area contributed by atoms with E-state index in [9.17, 15) is 9.65 Å². The summed E-state index contributed by atoms with van der Waals surface area (Å²) < 4.78 is 18.8. The smallest absolute Gasteiger partial charge is 0.126 e. The van der Waals surface area contributed by atoms with Crippen LogP contribution < -0.4 is 0 Å². The van der Waals surface area contributed by atoms with E-state index >= 15 is 0 Å². The minimum atomic E-state index is -0.444. The fraction of sp³-hybridized carbons (Fsp3) is 0.462. The van der Waals surface area contributed by atoms with Gasteiger partial charge in [-0.25, -0.2) is 4.39 Å². The summed E-state index contributed by atoms with van der Waals surface area (Å²) in [6.07, 6.45) is 1.87. The lowest BCUT2D eigenvalue weighted by atomic mass is 9.76. The first-order valence-electron chi connectivity index (χ1n) is 5.48. The Morgan fingerprint density at radius 3 is 2.62 bits per heavy atom. The Morgan fingerprint density at radius 1 is 1.31 bits per heavy atom. The van der Waals surface area contributed by atoms with E-state index in [1.807, 2.05) is 6.07 Å². The predicted octanol–water partition coefficient (Wildman–Crippen LogP) is 2.69. The zero-order valence-electron chi connectivity index (χ0n) is 9.08. The first kappa shape index (κ1) is 11.1. The standard InChI is InChI=1S/C13H14FNO/c14-12-4-2-1-3-11(12)9-13(10-15)5-7-16-8-6-13/h1-4H,5-9H2. The molecule has 84 valence electrons. The molecule has 0 aliphatic carbocycles. The number of halogens is 1. The molecule has 1 fully saturated rings. The van der Waals surface area contributed by atoms with Crippen LogP contribution in [0.1, 0.15) is 18.4 Å². The Balaban J connectivity index is 2.19. The summed E-state index contributed by atoms with van der Waals surface area (Å²) in [5, 5.41) is 9.27. The molecule has 2 rings (SSSR count). The molecule has 0 unspecified atom stereocenters. The van der Waals surface area contributed by atoms with E-state index < -0.39 is 5.41 Å². The lowest BCUT2D eigenvalue weighted by Gasteiger charge is -2.30. The van der Waals surface area contributed by atoms with E-state index in [1.165, 1.54) is 6.07 Å². The van der Waals surface area contributed by atoms with Crippen molar-refractivity contribution in [3.63, 3.8) is 0 Å². The van der Waals surface area contributed by atoms with Gasteiger partial charge in [-0.2, -0.15) is 5.26 Å². The van der Waals surface area contributed by atoms with Crippen LogP contribution >= 0.6 is 0 Å². The van der Waals surface area contributed by atoms with Crippen molar-refractivity contribution in [3.8, 4) is 6.07 Å². The first-order chi connectivity index (χ1) is 7.76. The van der Waals surface area contributed by atoms with Crippen molar-refractivity contribution in [1.29, 1.82) is 5.26 Å². The van der Waals surface area contributed by atoms with Gasteiger partial charge < -0.3 is 4.74 Å². The number of rotatable bonds is 2. The first-order valence-corrected chi connectivity index (χ1v) is 5.48. The van der Waals surface area contributed by atoms with E-state index in [1.54, 1.807) is 12.1 Å². The van der Waals surface area contributed by atoms with Crippen LogP contribution in [0.3, 0.4) is 0 Å². The lowest BCUT2D eigenvalue weighted by Crippen LogP contribution is -2.30. The third-order valence-corrected chi connectivity index (χ3v) is 3.17. The van der Waals surface area contributed by atoms with Gasteiger partial charge in [0, 0.05) is 13.2 Å². The molecule has 1 aromatic carbocycles. The summed E-state index contributed by atoms with van der Waals surface area (Å²) in [5.41, 5.74) is 0.187. The number of hydrogen-bond acceptors (Lipinski definition) is 2. The normalized spacial score (nSPS) is 19.0. The third kappa shape index (κ3) is 2.23. The van der Waals surface area contributed by atoms with E-state index in [2.05, 4.69) is 6.07 Å². The van der Waals surface area contributed by atoms with Crippen molar-refractivity contribution in [2.75, 3.05) is 13.2 Å². The Kier molecular flexibility index (Phi) is 3.21. The van der Waals surface area contributed by atoms with E-state index in [0.29, 0.717) is 38.0 Å². The lowest BCUT2D eigenvalue weighted by molar-refractivity contribution is 0.0403. The van der Waals surface area contributed by atoms with Gasteiger partial charge in [-0.3, -0.25) is 0 Å². The molecule has 1 heterocycles. The Hall–Kier alpha value is -1.40. The molecule has 1 aromatic rings. The fourth-order valence-corrected chi connectivity index (χ4v) is 2.10. The van der Waals surface area contributed by atoms with Crippen LogP contribution in [0.25, 0.3) is 0 Å². The van der Waals surface area contributed by atoms with Gasteiger partial charge in [-0.15, -0.1) is 0 Å². The second-order valence-electron chi connectivity index (χ2n) is 4.27. The second-order valence-corrected chi connectivity index (χ2v) is 4.27. The average molecular weight is 219 g/mol. The molecule has 0 aromatic heterocycles. The molecular formula is C13H14FNO. The number of hydrogen-bond donors (Lipinski definition) is 0. The summed E-state index contributed by atoms with van der Waals surface area (Å²) in [7, 11) is 0. The van der Waals surface area contributed by atoms with Gasteiger partial charge in [0.25, 0.3) is 0 Å². The van der Waals surface area contributed by atoms with Crippen molar-refractivity contribution in [1.82, 2.24) is 0 Å². The van der Waals surface area contributed by atoms with Crippen molar-refractivity contribution < 1.29 is 9.13 Å². The van der Waals surface area contributed by atoms with Crippen LogP contribution in [0.4, 0.5) is 4.39 Å². The SMILES string of the molecule is N#CC1(Cc2ccccc2F)CCOCC1. The molecular weight excluding hydrogens is 205 g/mol. The van der Waals surface area contributed by atoms with Crippen molar-refractivity contribution in [2.45, 2.75) is 19.3 Å². The molecule has 1 aliphatic rings. The van der Waals surface area contributed by atoms with Crippen molar-refractivity contribution in [3.05, 3.63) is 35.6 Å². The molecule has 0 spiro atoms. The summed E-state index contributed by atoms with van der Waals surface area (Å²) in [6.45, 7) is 1.20. The van der Waals surface area contributed by atoms with Crippen LogP contribution in [0.2, 0.25) is 0 Å². The van der Waals surface area contributed by atoms with Gasteiger partial charge in [-0.05, 0) is 30.9 Å². The number of ether oxygens (including phenoxy) is 1. The molecule has 1 aliphatic heterocycles. The summed E-state index contributed by atoms with van der Waals surface area (Å²) in [6, 6.07) is 9.02. The molecule has 0 atom stereocenters. The maximum Gasteiger partial charge on any atom is 0.126 e. The summed E-state index contributed by atoms with van der Waals surface area (Å²) >= 11 is 0. The van der Waals surface area contributed by atoms with Crippen molar-refractivity contribution >= 4 is 0 Å². The number of nitrogens with zero attached hydrogens (tertiary/aromatic N) is 1. The van der Waals surface area contributed by atoms with E-state index in [0.717, 1.165) is 0 Å². The quantitative estimate of drug-likeness (QED) is 0.766. The van der Waals surface area contributed by atoms with Crippen LogP contribution in [0, 0.1) is 22.6 Å². The largest absolute Gasteiger partial charge is 0.381 e. The molecule has 0 saturated carbocycles. The fourth-order valence-electron chi connectivity index (χ4n) is 2.10. The maximum absolute atomic E-state index is 13.5. The molecule has 2 nitrogen and oxygen atoms in total. The highest BCUT2D eigenvalue weighted by Gasteiger charge is 2.33. The maximum atomic E-state index is 13.5. The Morgan fingerprint density at radius 2 is 2.00 bits per heavy atom. The molecule has 16 heavy (non-hydrogen) atoms. The summed E-state index contributed by atoms with van der Waals surface area (Å²) in [5.74, 6) is -0.219. The van der Waals surface area contributed by atoms with Crippen molar-refractivity contribution in [2.24, 2.45) is 5.41 Å². The van der Waals surface area contributed by atoms with E-state index in [4.69, 9.17) is 4.74 Å². The van der Waals surface area contributed by atoms with Gasteiger partial charge in [0.1, 0.15) is 5.82 Å². The average Bonchev–Trinajstić information content (AvgIpc) is 2.33. The van der Waals surface area contributed by atoms with Crippen LogP contribution in [-0.4, -0.2) is 13.2 Å². The highest BCUT2D eigenvalue weighted by atomic mass is 19.1. The Bertz CT molecular complexity index is 405. The highest BCUT2D eigenvalue weighted by Crippen LogP contribution is 2.34. The van der Waals surface area contributed by atoms with Gasteiger partial charge in [0.05, 0.1) is 11.5 Å². The topological polar surface area (TPSA) is 33.0 Å². The third-order valence-electron chi connectivity index (χ3n) is 3.17. The molecule has 0 N–H and O–H groups in total. The minimum absolute atomic E-state index is 0.219. The van der Waals surface area contributed by atoms with Gasteiger partial charge in [0.15, 0.2) is 0 Å². The monoisotopic (exact) mass is 219 g/mol. The zero-order valence-corrected chi connectivity index (χ0v) is 9.08. The van der Waals surface area contributed by atoms with Crippen LogP contribution in [-0.2, 0) is 11.2 Å². The molecule has 0 bridgehead atoms. The van der Waals surface area contributed by atoms with Gasteiger partial charge in [0.2, 0.25) is 0 Å². The van der Waals surface area contributed by atoms with Crippen LogP contribution in [0.5, 0.6) is 0 Å². The number of benzene rings is 1. The molecule has 3 heteroatoms. The molecule has 0 amide bonds. The summed E-state index contributed by atoms with van der Waals surface area (Å²) in [4.78, 5) is 0. The van der Waals surface area contributed by atoms with E-state index in [-0.39, 0.29) is 5.82 Å². The number of nitriles is 1. The molecule has 1 saturated heterocycles. The van der Waals surface area contributed by atoms with Gasteiger partial charge in [-0.1, -0.05) is 18.2 Å². The second kappa shape index (κ2) is 4.63. The highest BCUT2D eigenvalue weighted by molar-refractivity contribution is 5.21. The zero-order chi connectivity index (χ0) is 11.4. The minimum Gasteiger partial charge on any atom is -0.381 e. The Labute approximate surface area is 94.7 Å². The molecule has 0 radical (unpaired) electrons. The van der Waals surface area contributed by atoms with Crippen LogP contribution in [0.15, 0.2) is 24.3 Å².